The van der Waals surface area contributed by atoms with Gasteiger partial charge in [-0.3, -0.25) is 4.79 Å². The molecule has 156 valence electrons. The molecule has 2 rings (SSSR count). The van der Waals surface area contributed by atoms with Crippen LogP contribution in [0, 0.1) is 12.7 Å². The predicted molar refractivity (Wildman–Crippen MR) is 107 cm³/mol. The molecule has 0 bridgehead atoms. The monoisotopic (exact) mass is 422 g/mol. The van der Waals surface area contributed by atoms with Crippen molar-refractivity contribution < 1.29 is 27.1 Å². The standard InChI is InChI=1S/C20H23FN2O5S/c1-13(2)23(4)29(26,27)17-7-5-6-15(10-17)20(25)28-12-19(24)22-16-9-8-14(3)18(21)11-16/h5-11,13H,12H2,1-4H3,(H,22,24). The highest BCUT2D eigenvalue weighted by Crippen LogP contribution is 2.18. The van der Waals surface area contributed by atoms with Crippen LogP contribution in [0.1, 0.15) is 29.8 Å². The lowest BCUT2D eigenvalue weighted by atomic mass is 10.2. The molecule has 0 saturated carbocycles. The molecule has 9 heteroatoms. The number of carbonyl (C=O) groups excluding carboxylic acids is 2. The maximum atomic E-state index is 13.5. The number of amides is 1. The Morgan fingerprint density at radius 3 is 2.48 bits per heavy atom. The van der Waals surface area contributed by atoms with E-state index in [4.69, 9.17) is 4.74 Å². The molecule has 0 aliphatic rings. The SMILES string of the molecule is Cc1ccc(NC(=O)COC(=O)c2cccc(S(=O)(=O)N(C)C(C)C)c2)cc1F. The number of ether oxygens (including phenoxy) is 1. The molecule has 0 aromatic heterocycles. The highest BCUT2D eigenvalue weighted by atomic mass is 32.2. The number of aryl methyl sites for hydroxylation is 1. The van der Waals surface area contributed by atoms with Crippen molar-refractivity contribution in [2.24, 2.45) is 0 Å². The van der Waals surface area contributed by atoms with Crippen molar-refractivity contribution in [1.82, 2.24) is 4.31 Å². The van der Waals surface area contributed by atoms with E-state index in [1.165, 1.54) is 47.8 Å². The highest BCUT2D eigenvalue weighted by Gasteiger charge is 2.24. The van der Waals surface area contributed by atoms with Crippen molar-refractivity contribution in [3.8, 4) is 0 Å². The van der Waals surface area contributed by atoms with E-state index in [9.17, 15) is 22.4 Å². The van der Waals surface area contributed by atoms with Crippen molar-refractivity contribution in [2.45, 2.75) is 31.7 Å². The Morgan fingerprint density at radius 2 is 1.86 bits per heavy atom. The van der Waals surface area contributed by atoms with Crippen LogP contribution in [-0.4, -0.2) is 44.3 Å². The Morgan fingerprint density at radius 1 is 1.17 bits per heavy atom. The fourth-order valence-corrected chi connectivity index (χ4v) is 3.72. The fraction of sp³-hybridized carbons (Fsp3) is 0.300. The first-order chi connectivity index (χ1) is 13.5. The minimum Gasteiger partial charge on any atom is -0.452 e. The zero-order chi connectivity index (χ0) is 21.8. The van der Waals surface area contributed by atoms with Gasteiger partial charge in [-0.25, -0.2) is 17.6 Å². The molecule has 2 aromatic rings. The van der Waals surface area contributed by atoms with Crippen LogP contribution < -0.4 is 5.32 Å². The Hall–Kier alpha value is -2.78. The van der Waals surface area contributed by atoms with Gasteiger partial charge in [-0.15, -0.1) is 0 Å². The van der Waals surface area contributed by atoms with Crippen LogP contribution in [0.5, 0.6) is 0 Å². The summed E-state index contributed by atoms with van der Waals surface area (Å²) in [7, 11) is -2.32. The average Bonchev–Trinajstić information content (AvgIpc) is 2.68. The van der Waals surface area contributed by atoms with Gasteiger partial charge in [-0.2, -0.15) is 4.31 Å². The molecule has 0 atom stereocenters. The maximum absolute atomic E-state index is 13.5. The van der Waals surface area contributed by atoms with Gasteiger partial charge < -0.3 is 10.1 Å². The van der Waals surface area contributed by atoms with E-state index in [2.05, 4.69) is 5.32 Å². The van der Waals surface area contributed by atoms with Crippen LogP contribution in [0.4, 0.5) is 10.1 Å². The number of esters is 1. The van der Waals surface area contributed by atoms with E-state index in [1.54, 1.807) is 20.8 Å². The van der Waals surface area contributed by atoms with E-state index in [0.29, 0.717) is 5.56 Å². The smallest absolute Gasteiger partial charge is 0.338 e. The Labute approximate surface area is 169 Å². The number of rotatable bonds is 7. The molecule has 1 amide bonds. The highest BCUT2D eigenvalue weighted by molar-refractivity contribution is 7.89. The second-order valence-corrected chi connectivity index (χ2v) is 8.73. The summed E-state index contributed by atoms with van der Waals surface area (Å²) in [6.07, 6.45) is 0. The maximum Gasteiger partial charge on any atom is 0.338 e. The van der Waals surface area contributed by atoms with E-state index in [0.717, 1.165) is 6.07 Å². The third kappa shape index (κ3) is 5.61. The Balaban J connectivity index is 2.04. The molecule has 29 heavy (non-hydrogen) atoms. The second-order valence-electron chi connectivity index (χ2n) is 6.73. The summed E-state index contributed by atoms with van der Waals surface area (Å²) in [5.41, 5.74) is 0.670. The molecule has 1 N–H and O–H groups in total. The van der Waals surface area contributed by atoms with Gasteiger partial charge in [0.25, 0.3) is 5.91 Å². The first-order valence-corrected chi connectivity index (χ1v) is 10.3. The molecule has 0 aliphatic heterocycles. The molecule has 0 unspecified atom stereocenters. The van der Waals surface area contributed by atoms with Gasteiger partial charge in [0.2, 0.25) is 10.0 Å². The fourth-order valence-electron chi connectivity index (χ4n) is 2.31. The van der Waals surface area contributed by atoms with Gasteiger partial charge in [0, 0.05) is 18.8 Å². The van der Waals surface area contributed by atoms with E-state index < -0.39 is 34.3 Å². The number of carbonyl (C=O) groups is 2. The van der Waals surface area contributed by atoms with Crippen LogP contribution in [-0.2, 0) is 19.6 Å². The second kappa shape index (κ2) is 9.15. The molecule has 0 radical (unpaired) electrons. The molecule has 0 heterocycles. The molecule has 0 spiro atoms. The molecular weight excluding hydrogens is 399 g/mol. The van der Waals surface area contributed by atoms with Crippen LogP contribution in [0.15, 0.2) is 47.4 Å². The van der Waals surface area contributed by atoms with Crippen molar-refractivity contribution in [2.75, 3.05) is 19.0 Å². The van der Waals surface area contributed by atoms with Crippen molar-refractivity contribution >= 4 is 27.6 Å². The largest absolute Gasteiger partial charge is 0.452 e. The van der Waals surface area contributed by atoms with E-state index in [-0.39, 0.29) is 22.2 Å². The lowest BCUT2D eigenvalue weighted by molar-refractivity contribution is -0.119. The zero-order valence-corrected chi connectivity index (χ0v) is 17.4. The number of hydrogen-bond acceptors (Lipinski definition) is 5. The van der Waals surface area contributed by atoms with Gasteiger partial charge >= 0.3 is 5.97 Å². The minimum atomic E-state index is -3.76. The number of nitrogens with one attached hydrogen (secondary N) is 1. The Bertz CT molecular complexity index is 1020. The molecule has 0 fully saturated rings. The third-order valence-electron chi connectivity index (χ3n) is 4.26. The average molecular weight is 422 g/mol. The molecule has 0 saturated heterocycles. The molecule has 0 aliphatic carbocycles. The van der Waals surface area contributed by atoms with Gasteiger partial charge in [0.05, 0.1) is 10.5 Å². The van der Waals surface area contributed by atoms with Gasteiger partial charge in [-0.05, 0) is 56.7 Å². The number of benzene rings is 2. The number of halogens is 1. The van der Waals surface area contributed by atoms with Gasteiger partial charge in [0.15, 0.2) is 6.61 Å². The Kier molecular flexibility index (Phi) is 7.10. The predicted octanol–water partition coefficient (Wildman–Crippen LogP) is 2.96. The van der Waals surface area contributed by atoms with Crippen molar-refractivity contribution in [1.29, 1.82) is 0 Å². The molecular formula is C20H23FN2O5S. The first kappa shape index (κ1) is 22.5. The first-order valence-electron chi connectivity index (χ1n) is 8.83. The van der Waals surface area contributed by atoms with Crippen molar-refractivity contribution in [3.63, 3.8) is 0 Å². The van der Waals surface area contributed by atoms with Crippen molar-refractivity contribution in [3.05, 3.63) is 59.4 Å². The number of sulfonamides is 1. The third-order valence-corrected chi connectivity index (χ3v) is 6.29. The van der Waals surface area contributed by atoms with Crippen LogP contribution in [0.3, 0.4) is 0 Å². The van der Waals surface area contributed by atoms with Crippen LogP contribution in [0.25, 0.3) is 0 Å². The number of anilines is 1. The van der Waals surface area contributed by atoms with Gasteiger partial charge in [0.1, 0.15) is 5.82 Å². The molecule has 7 nitrogen and oxygen atoms in total. The minimum absolute atomic E-state index is 0.00240. The van der Waals surface area contributed by atoms with Crippen LogP contribution >= 0.6 is 0 Å². The summed E-state index contributed by atoms with van der Waals surface area (Å²) in [6.45, 7) is 4.45. The zero-order valence-electron chi connectivity index (χ0n) is 16.6. The summed E-state index contributed by atoms with van der Waals surface area (Å²) in [4.78, 5) is 24.1. The lowest BCUT2D eigenvalue weighted by Gasteiger charge is -2.21. The normalized spacial score (nSPS) is 11.6. The number of hydrogen-bond donors (Lipinski definition) is 1. The summed E-state index contributed by atoms with van der Waals surface area (Å²) in [5.74, 6) is -1.96. The van der Waals surface area contributed by atoms with E-state index >= 15 is 0 Å². The van der Waals surface area contributed by atoms with E-state index in [1.807, 2.05) is 0 Å². The number of nitrogens with zero attached hydrogens (tertiary/aromatic N) is 1. The lowest BCUT2D eigenvalue weighted by Crippen LogP contribution is -2.33. The van der Waals surface area contributed by atoms with Crippen LogP contribution in [0.2, 0.25) is 0 Å². The summed E-state index contributed by atoms with van der Waals surface area (Å²) in [5, 5.41) is 2.42. The topological polar surface area (TPSA) is 92.8 Å². The quantitative estimate of drug-likeness (QED) is 0.693. The summed E-state index contributed by atoms with van der Waals surface area (Å²) in [6, 6.07) is 9.33. The summed E-state index contributed by atoms with van der Waals surface area (Å²) >= 11 is 0. The summed E-state index contributed by atoms with van der Waals surface area (Å²) < 4.78 is 44.7. The molecule has 2 aromatic carbocycles. The van der Waals surface area contributed by atoms with Gasteiger partial charge in [-0.1, -0.05) is 12.1 Å².